The van der Waals surface area contributed by atoms with Crippen molar-refractivity contribution in [3.63, 3.8) is 0 Å². The van der Waals surface area contributed by atoms with Crippen molar-refractivity contribution in [1.82, 2.24) is 0 Å². The molecule has 2 atom stereocenters. The molecule has 20 heavy (non-hydrogen) atoms. The Balaban J connectivity index is 2.32. The number of carbonyl (C=O) groups excluding carboxylic acids is 1. The van der Waals surface area contributed by atoms with Gasteiger partial charge in [0.05, 0.1) is 0 Å². The van der Waals surface area contributed by atoms with Crippen LogP contribution in [0.1, 0.15) is 45.7 Å². The molecule has 0 saturated heterocycles. The Labute approximate surface area is 130 Å². The van der Waals surface area contributed by atoms with Crippen molar-refractivity contribution >= 4 is 27.5 Å². The first kappa shape index (κ1) is 15.6. The lowest BCUT2D eigenvalue weighted by Crippen LogP contribution is -2.42. The smallest absolute Gasteiger partial charge is 0.232 e. The molecule has 1 amide bonds. The average Bonchev–Trinajstić information content (AvgIpc) is 2.61. The summed E-state index contributed by atoms with van der Waals surface area (Å²) < 4.78 is 0. The van der Waals surface area contributed by atoms with Crippen LogP contribution in [0.2, 0.25) is 0 Å². The van der Waals surface area contributed by atoms with E-state index in [4.69, 9.17) is 0 Å². The van der Waals surface area contributed by atoms with Crippen LogP contribution in [0.4, 0.5) is 5.69 Å². The highest BCUT2D eigenvalue weighted by Gasteiger charge is 2.36. The number of fused-ring (bicyclic) bond motifs is 1. The fourth-order valence-corrected chi connectivity index (χ4v) is 3.18. The summed E-state index contributed by atoms with van der Waals surface area (Å²) >= 11 is 3.60. The third kappa shape index (κ3) is 3.08. The Bertz CT molecular complexity index is 516. The van der Waals surface area contributed by atoms with E-state index < -0.39 is 0 Å². The fraction of sp³-hybridized carbons (Fsp3) is 0.588. The summed E-state index contributed by atoms with van der Waals surface area (Å²) in [6.45, 7) is 10.3. The molecule has 0 N–H and O–H groups in total. The standard InChI is InChI=1S/C17H24BrNO/c1-11(18)8-13-6-7-15-14(10-13)9-12(2)19(15)16(20)17(3,4)5/h6-7,10-12H,8-9H2,1-5H3. The molecule has 1 aliphatic heterocycles. The van der Waals surface area contributed by atoms with Gasteiger partial charge in [-0.2, -0.15) is 0 Å². The van der Waals surface area contributed by atoms with E-state index in [1.54, 1.807) is 0 Å². The summed E-state index contributed by atoms with van der Waals surface area (Å²) in [5.41, 5.74) is 3.41. The molecule has 0 spiro atoms. The number of hydrogen-bond donors (Lipinski definition) is 0. The molecular formula is C17H24BrNO. The summed E-state index contributed by atoms with van der Waals surface area (Å²) in [5, 5.41) is 0. The topological polar surface area (TPSA) is 20.3 Å². The molecule has 0 aliphatic carbocycles. The molecule has 1 aliphatic rings. The van der Waals surface area contributed by atoms with E-state index in [-0.39, 0.29) is 17.4 Å². The van der Waals surface area contributed by atoms with Crippen molar-refractivity contribution in [2.24, 2.45) is 5.41 Å². The van der Waals surface area contributed by atoms with Crippen molar-refractivity contribution < 1.29 is 4.79 Å². The summed E-state index contributed by atoms with van der Waals surface area (Å²) in [7, 11) is 0. The predicted octanol–water partition coefficient (Wildman–Crippen LogP) is 4.34. The number of carbonyl (C=O) groups is 1. The van der Waals surface area contributed by atoms with E-state index in [1.807, 2.05) is 25.7 Å². The van der Waals surface area contributed by atoms with Gasteiger partial charge in [-0.25, -0.2) is 0 Å². The van der Waals surface area contributed by atoms with Crippen LogP contribution in [0.5, 0.6) is 0 Å². The molecule has 0 saturated carbocycles. The first-order chi connectivity index (χ1) is 9.20. The first-order valence-electron chi connectivity index (χ1n) is 7.29. The Morgan fingerprint density at radius 3 is 2.65 bits per heavy atom. The molecule has 0 aromatic heterocycles. The Kier molecular flexibility index (Phi) is 4.29. The monoisotopic (exact) mass is 337 g/mol. The van der Waals surface area contributed by atoms with Gasteiger partial charge in [-0.05, 0) is 37.0 Å². The molecule has 2 nitrogen and oxygen atoms in total. The minimum atomic E-state index is -0.334. The number of amides is 1. The van der Waals surface area contributed by atoms with Crippen LogP contribution in [0.25, 0.3) is 0 Å². The van der Waals surface area contributed by atoms with E-state index in [2.05, 4.69) is 48.0 Å². The zero-order chi connectivity index (χ0) is 15.1. The number of anilines is 1. The van der Waals surface area contributed by atoms with Crippen LogP contribution in [-0.4, -0.2) is 16.8 Å². The van der Waals surface area contributed by atoms with Crippen molar-refractivity contribution in [1.29, 1.82) is 0 Å². The lowest BCUT2D eigenvalue weighted by molar-refractivity contribution is -0.126. The van der Waals surface area contributed by atoms with E-state index in [0.717, 1.165) is 18.5 Å². The zero-order valence-electron chi connectivity index (χ0n) is 13.0. The Morgan fingerprint density at radius 2 is 2.10 bits per heavy atom. The van der Waals surface area contributed by atoms with E-state index >= 15 is 0 Å². The van der Waals surface area contributed by atoms with Crippen molar-refractivity contribution in [2.75, 3.05) is 4.90 Å². The summed E-state index contributed by atoms with van der Waals surface area (Å²) in [4.78, 5) is 15.1. The van der Waals surface area contributed by atoms with Crippen molar-refractivity contribution in [3.05, 3.63) is 29.3 Å². The maximum Gasteiger partial charge on any atom is 0.232 e. The quantitative estimate of drug-likeness (QED) is 0.735. The van der Waals surface area contributed by atoms with Gasteiger partial charge in [-0.3, -0.25) is 4.79 Å². The van der Waals surface area contributed by atoms with Crippen molar-refractivity contribution in [2.45, 2.75) is 58.3 Å². The summed E-state index contributed by atoms with van der Waals surface area (Å²) in [6.07, 6.45) is 1.98. The van der Waals surface area contributed by atoms with Gasteiger partial charge in [-0.15, -0.1) is 0 Å². The molecule has 2 rings (SSSR count). The van der Waals surface area contributed by atoms with E-state index in [0.29, 0.717) is 4.83 Å². The molecule has 110 valence electrons. The number of halogens is 1. The van der Waals surface area contributed by atoms with Crippen LogP contribution in [0, 0.1) is 5.41 Å². The first-order valence-corrected chi connectivity index (χ1v) is 8.21. The number of alkyl halides is 1. The molecule has 2 unspecified atom stereocenters. The van der Waals surface area contributed by atoms with Gasteiger partial charge in [0.1, 0.15) is 0 Å². The Hall–Kier alpha value is -0.830. The predicted molar refractivity (Wildman–Crippen MR) is 88.6 cm³/mol. The molecule has 1 aromatic carbocycles. The van der Waals surface area contributed by atoms with Crippen LogP contribution in [0.3, 0.4) is 0 Å². The third-order valence-electron chi connectivity index (χ3n) is 3.74. The van der Waals surface area contributed by atoms with Gasteiger partial charge in [0.15, 0.2) is 0 Å². The SMILES string of the molecule is CC(Br)Cc1ccc2c(c1)CC(C)N2C(=O)C(C)(C)C. The molecule has 1 aromatic rings. The lowest BCUT2D eigenvalue weighted by Gasteiger charge is -2.30. The third-order valence-corrected chi connectivity index (χ3v) is 4.06. The van der Waals surface area contributed by atoms with Crippen LogP contribution in [0.15, 0.2) is 18.2 Å². The van der Waals surface area contributed by atoms with Gasteiger partial charge in [0.2, 0.25) is 5.91 Å². The summed E-state index contributed by atoms with van der Waals surface area (Å²) in [5.74, 6) is 0.213. The molecule has 1 heterocycles. The van der Waals surface area contributed by atoms with Gasteiger partial charge in [0, 0.05) is 22.0 Å². The van der Waals surface area contributed by atoms with Crippen LogP contribution >= 0.6 is 15.9 Å². The van der Waals surface area contributed by atoms with Gasteiger partial charge >= 0.3 is 0 Å². The molecule has 0 bridgehead atoms. The minimum Gasteiger partial charge on any atom is -0.309 e. The largest absolute Gasteiger partial charge is 0.309 e. The van der Waals surface area contributed by atoms with E-state index in [9.17, 15) is 4.79 Å². The maximum absolute atomic E-state index is 12.6. The van der Waals surface area contributed by atoms with Gasteiger partial charge < -0.3 is 4.90 Å². The highest BCUT2D eigenvalue weighted by Crippen LogP contribution is 2.36. The van der Waals surface area contributed by atoms with Gasteiger partial charge in [-0.1, -0.05) is 55.8 Å². The van der Waals surface area contributed by atoms with Crippen LogP contribution < -0.4 is 4.90 Å². The molecule has 0 fully saturated rings. The zero-order valence-corrected chi connectivity index (χ0v) is 14.6. The number of nitrogens with zero attached hydrogens (tertiary/aromatic N) is 1. The maximum atomic E-state index is 12.6. The van der Waals surface area contributed by atoms with Crippen molar-refractivity contribution in [3.8, 4) is 0 Å². The Morgan fingerprint density at radius 1 is 1.45 bits per heavy atom. The van der Waals surface area contributed by atoms with E-state index in [1.165, 1.54) is 11.1 Å². The average molecular weight is 338 g/mol. The molecule has 0 radical (unpaired) electrons. The minimum absolute atomic E-state index is 0.213. The molecule has 3 heteroatoms. The molecular weight excluding hydrogens is 314 g/mol. The number of hydrogen-bond acceptors (Lipinski definition) is 1. The fourth-order valence-electron chi connectivity index (χ4n) is 2.81. The summed E-state index contributed by atoms with van der Waals surface area (Å²) in [6, 6.07) is 6.79. The highest BCUT2D eigenvalue weighted by molar-refractivity contribution is 9.09. The highest BCUT2D eigenvalue weighted by atomic mass is 79.9. The second-order valence-electron chi connectivity index (χ2n) is 6.93. The van der Waals surface area contributed by atoms with Gasteiger partial charge in [0.25, 0.3) is 0 Å². The number of rotatable bonds is 2. The lowest BCUT2D eigenvalue weighted by atomic mass is 9.94. The van der Waals surface area contributed by atoms with Crippen LogP contribution in [-0.2, 0) is 17.6 Å². The number of benzene rings is 1. The normalized spacial score (nSPS) is 19.9. The second-order valence-corrected chi connectivity index (χ2v) is 8.49. The second kappa shape index (κ2) is 5.51.